The summed E-state index contributed by atoms with van der Waals surface area (Å²) in [6, 6.07) is 8.30. The van der Waals surface area contributed by atoms with Gasteiger partial charge < -0.3 is 26.4 Å². The lowest BCUT2D eigenvalue weighted by molar-refractivity contribution is 0.0996. The van der Waals surface area contributed by atoms with Gasteiger partial charge in [0, 0.05) is 25.4 Å². The largest absolute Gasteiger partial charge is 0.396 e. The van der Waals surface area contributed by atoms with Gasteiger partial charge in [-0.2, -0.15) is 0 Å². The molecule has 30 heavy (non-hydrogen) atoms. The van der Waals surface area contributed by atoms with Crippen molar-refractivity contribution in [2.75, 3.05) is 43.0 Å². The summed E-state index contributed by atoms with van der Waals surface area (Å²) in [6.07, 6.45) is 5.89. The van der Waals surface area contributed by atoms with E-state index in [4.69, 9.17) is 5.73 Å². The average molecular weight is 411 g/mol. The molecule has 8 nitrogen and oxygen atoms in total. The fourth-order valence-electron chi connectivity index (χ4n) is 4.35. The molecule has 1 unspecified atom stereocenters. The van der Waals surface area contributed by atoms with Crippen molar-refractivity contribution in [2.24, 2.45) is 11.7 Å². The topological polar surface area (TPSA) is 116 Å². The molecule has 1 amide bonds. The number of carbonyl (C=O) groups excluding carboxylic acids is 1. The third kappa shape index (κ3) is 4.71. The number of aliphatic hydroxyl groups excluding tert-OH is 1. The molecule has 2 aliphatic rings. The van der Waals surface area contributed by atoms with Crippen LogP contribution in [-0.4, -0.2) is 53.8 Å². The maximum Gasteiger partial charge on any atom is 0.271 e. The van der Waals surface area contributed by atoms with E-state index in [1.165, 1.54) is 5.56 Å². The monoisotopic (exact) mass is 410 g/mol. The lowest BCUT2D eigenvalue weighted by Crippen LogP contribution is -2.37. The number of carbonyl (C=O) groups is 1. The second kappa shape index (κ2) is 9.40. The lowest BCUT2D eigenvalue weighted by Gasteiger charge is -2.32. The third-order valence-electron chi connectivity index (χ3n) is 6.08. The van der Waals surface area contributed by atoms with Crippen LogP contribution in [0.25, 0.3) is 0 Å². The van der Waals surface area contributed by atoms with Crippen LogP contribution in [0.3, 0.4) is 0 Å². The SMILES string of the molecule is NC(=O)c1ncc(N2CCCC(CO)C2)nc1Nc1ccc(C2CCNCC2)cc1. The molecule has 0 bridgehead atoms. The molecule has 0 aliphatic carbocycles. The molecule has 1 atom stereocenters. The zero-order chi connectivity index (χ0) is 20.9. The number of hydrogen-bond donors (Lipinski definition) is 4. The van der Waals surface area contributed by atoms with Crippen molar-refractivity contribution >= 4 is 23.2 Å². The van der Waals surface area contributed by atoms with Crippen LogP contribution >= 0.6 is 0 Å². The van der Waals surface area contributed by atoms with Crippen LogP contribution < -0.4 is 21.3 Å². The van der Waals surface area contributed by atoms with Gasteiger partial charge in [-0.05, 0) is 68.3 Å². The highest BCUT2D eigenvalue weighted by atomic mass is 16.3. The fourth-order valence-corrected chi connectivity index (χ4v) is 4.35. The molecule has 1 aromatic heterocycles. The molecule has 4 rings (SSSR count). The first-order valence-electron chi connectivity index (χ1n) is 10.7. The van der Waals surface area contributed by atoms with E-state index >= 15 is 0 Å². The van der Waals surface area contributed by atoms with Crippen LogP contribution in [0.2, 0.25) is 0 Å². The van der Waals surface area contributed by atoms with Gasteiger partial charge in [-0.3, -0.25) is 4.79 Å². The van der Waals surface area contributed by atoms with Crippen LogP contribution in [0.15, 0.2) is 30.5 Å². The van der Waals surface area contributed by atoms with Gasteiger partial charge in [0.2, 0.25) is 0 Å². The standard InChI is InChI=1S/C22H30N6O2/c23-21(30)20-22(27-19(12-25-20)28-11-1-2-15(13-28)14-29)26-18-5-3-16(4-6-18)17-7-9-24-10-8-17/h3-6,12,15,17,24,29H,1-2,7-11,13-14H2,(H2,23,30)(H,26,27). The number of primary amides is 1. The van der Waals surface area contributed by atoms with E-state index in [0.29, 0.717) is 17.6 Å². The van der Waals surface area contributed by atoms with E-state index in [-0.39, 0.29) is 18.2 Å². The van der Waals surface area contributed by atoms with Crippen molar-refractivity contribution < 1.29 is 9.90 Å². The molecule has 5 N–H and O–H groups in total. The Kier molecular flexibility index (Phi) is 6.44. The number of rotatable bonds is 6. The summed E-state index contributed by atoms with van der Waals surface area (Å²) in [5.74, 6) is 1.25. The molecule has 160 valence electrons. The first-order chi connectivity index (χ1) is 14.6. The van der Waals surface area contributed by atoms with Crippen molar-refractivity contribution in [1.29, 1.82) is 0 Å². The van der Waals surface area contributed by atoms with E-state index in [2.05, 4.69) is 37.6 Å². The number of piperidine rings is 2. The smallest absolute Gasteiger partial charge is 0.271 e. The van der Waals surface area contributed by atoms with Gasteiger partial charge in [0.1, 0.15) is 5.82 Å². The number of hydrogen-bond acceptors (Lipinski definition) is 7. The second-order valence-electron chi connectivity index (χ2n) is 8.20. The average Bonchev–Trinajstić information content (AvgIpc) is 2.80. The minimum absolute atomic E-state index is 0.122. The molecule has 8 heteroatoms. The number of aliphatic hydroxyl groups is 1. The van der Waals surface area contributed by atoms with E-state index in [1.54, 1.807) is 6.20 Å². The minimum Gasteiger partial charge on any atom is -0.396 e. The number of aromatic nitrogens is 2. The molecule has 1 aromatic carbocycles. The van der Waals surface area contributed by atoms with Crippen LogP contribution in [0.5, 0.6) is 0 Å². The Morgan fingerprint density at radius 3 is 2.70 bits per heavy atom. The van der Waals surface area contributed by atoms with Crippen molar-refractivity contribution in [3.63, 3.8) is 0 Å². The summed E-state index contributed by atoms with van der Waals surface area (Å²) in [7, 11) is 0. The minimum atomic E-state index is -0.616. The summed E-state index contributed by atoms with van der Waals surface area (Å²) >= 11 is 0. The van der Waals surface area contributed by atoms with Crippen molar-refractivity contribution in [2.45, 2.75) is 31.6 Å². The molecule has 2 saturated heterocycles. The van der Waals surface area contributed by atoms with Gasteiger partial charge in [-0.15, -0.1) is 0 Å². The van der Waals surface area contributed by atoms with Crippen molar-refractivity contribution in [3.8, 4) is 0 Å². The van der Waals surface area contributed by atoms with Crippen LogP contribution in [0, 0.1) is 5.92 Å². The third-order valence-corrected chi connectivity index (χ3v) is 6.08. The second-order valence-corrected chi connectivity index (χ2v) is 8.20. The van der Waals surface area contributed by atoms with Gasteiger partial charge in [0.05, 0.1) is 6.20 Å². The van der Waals surface area contributed by atoms with Gasteiger partial charge in [-0.25, -0.2) is 9.97 Å². The van der Waals surface area contributed by atoms with E-state index < -0.39 is 5.91 Å². The van der Waals surface area contributed by atoms with Gasteiger partial charge in [0.25, 0.3) is 5.91 Å². The first-order valence-corrected chi connectivity index (χ1v) is 10.7. The fraction of sp³-hybridized carbons (Fsp3) is 0.500. The van der Waals surface area contributed by atoms with Crippen LogP contribution in [0.4, 0.5) is 17.3 Å². The Hall–Kier alpha value is -2.71. The van der Waals surface area contributed by atoms with Gasteiger partial charge in [0.15, 0.2) is 11.5 Å². The Bertz CT molecular complexity index is 866. The predicted octanol–water partition coefficient (Wildman–Crippen LogP) is 1.99. The highest BCUT2D eigenvalue weighted by molar-refractivity contribution is 5.96. The summed E-state index contributed by atoms with van der Waals surface area (Å²) in [5.41, 5.74) is 7.82. The molecule has 0 saturated carbocycles. The highest BCUT2D eigenvalue weighted by Gasteiger charge is 2.22. The summed E-state index contributed by atoms with van der Waals surface area (Å²) in [6.45, 7) is 3.86. The lowest BCUT2D eigenvalue weighted by atomic mass is 9.90. The molecule has 0 spiro atoms. The zero-order valence-corrected chi connectivity index (χ0v) is 17.2. The van der Waals surface area contributed by atoms with Crippen molar-refractivity contribution in [3.05, 3.63) is 41.7 Å². The Morgan fingerprint density at radius 2 is 2.00 bits per heavy atom. The van der Waals surface area contributed by atoms with E-state index in [0.717, 1.165) is 57.5 Å². The Balaban J connectivity index is 1.53. The normalized spacial score (nSPS) is 20.2. The van der Waals surface area contributed by atoms with Gasteiger partial charge >= 0.3 is 0 Å². The molecule has 2 fully saturated rings. The van der Waals surface area contributed by atoms with Crippen LogP contribution in [0.1, 0.15) is 47.7 Å². The first kappa shape index (κ1) is 20.6. The maximum atomic E-state index is 11.9. The van der Waals surface area contributed by atoms with Gasteiger partial charge in [-0.1, -0.05) is 12.1 Å². The molecule has 2 aromatic rings. The molecule has 2 aliphatic heterocycles. The van der Waals surface area contributed by atoms with Crippen LogP contribution in [-0.2, 0) is 0 Å². The summed E-state index contributed by atoms with van der Waals surface area (Å²) < 4.78 is 0. The molecular weight excluding hydrogens is 380 g/mol. The molecule has 3 heterocycles. The number of amides is 1. The number of nitrogens with zero attached hydrogens (tertiary/aromatic N) is 3. The summed E-state index contributed by atoms with van der Waals surface area (Å²) in [4.78, 5) is 22.9. The predicted molar refractivity (Wildman–Crippen MR) is 117 cm³/mol. The summed E-state index contributed by atoms with van der Waals surface area (Å²) in [5, 5.41) is 16.1. The zero-order valence-electron chi connectivity index (χ0n) is 17.2. The number of benzene rings is 1. The molecule has 0 radical (unpaired) electrons. The number of nitrogens with two attached hydrogens (primary N) is 1. The van der Waals surface area contributed by atoms with Crippen molar-refractivity contribution in [1.82, 2.24) is 15.3 Å². The maximum absolute atomic E-state index is 11.9. The molecular formula is C22H30N6O2. The highest BCUT2D eigenvalue weighted by Crippen LogP contribution is 2.28. The Labute approximate surface area is 176 Å². The number of nitrogens with one attached hydrogen (secondary N) is 2. The van der Waals surface area contributed by atoms with E-state index in [1.807, 2.05) is 12.1 Å². The quantitative estimate of drug-likeness (QED) is 0.575. The Morgan fingerprint density at radius 1 is 1.23 bits per heavy atom. The van der Waals surface area contributed by atoms with E-state index in [9.17, 15) is 9.90 Å². The number of anilines is 3.